The summed E-state index contributed by atoms with van der Waals surface area (Å²) >= 11 is 9.46. The van der Waals surface area contributed by atoms with Crippen molar-refractivity contribution in [1.29, 1.82) is 0 Å². The molecule has 0 saturated carbocycles. The van der Waals surface area contributed by atoms with Crippen LogP contribution in [0, 0.1) is 0 Å². The highest BCUT2D eigenvalue weighted by Gasteiger charge is 2.07. The number of ether oxygens (including phenoxy) is 1. The Balaban J connectivity index is 1.49. The lowest BCUT2D eigenvalue weighted by molar-refractivity contribution is 0.174. The van der Waals surface area contributed by atoms with Crippen LogP contribution in [0.4, 0.5) is 0 Å². The van der Waals surface area contributed by atoms with Crippen LogP contribution in [0.2, 0.25) is 5.02 Å². The van der Waals surface area contributed by atoms with Crippen molar-refractivity contribution in [2.75, 3.05) is 6.54 Å². The average Bonchev–Trinajstić information content (AvgIpc) is 2.69. The lowest BCUT2D eigenvalue weighted by Crippen LogP contribution is -2.21. The van der Waals surface area contributed by atoms with Gasteiger partial charge in [-0.3, -0.25) is 0 Å². The van der Waals surface area contributed by atoms with Crippen molar-refractivity contribution in [1.82, 2.24) is 5.32 Å². The molecule has 0 spiro atoms. The van der Waals surface area contributed by atoms with E-state index in [4.69, 9.17) is 16.3 Å². The van der Waals surface area contributed by atoms with E-state index in [2.05, 4.69) is 21.2 Å². The molecular formula is C22H21BrClNO2. The van der Waals surface area contributed by atoms with Gasteiger partial charge in [-0.2, -0.15) is 0 Å². The fraction of sp³-hybridized carbons (Fsp3) is 0.182. The van der Waals surface area contributed by atoms with E-state index in [0.717, 1.165) is 26.9 Å². The highest BCUT2D eigenvalue weighted by Crippen LogP contribution is 2.27. The van der Waals surface area contributed by atoms with Gasteiger partial charge >= 0.3 is 0 Å². The maximum absolute atomic E-state index is 10.2. The van der Waals surface area contributed by atoms with Gasteiger partial charge < -0.3 is 15.2 Å². The zero-order valence-electron chi connectivity index (χ0n) is 14.7. The van der Waals surface area contributed by atoms with Gasteiger partial charge in [-0.05, 0) is 56.9 Å². The first kappa shape index (κ1) is 19.9. The number of benzene rings is 3. The maximum atomic E-state index is 10.2. The molecule has 0 aliphatic rings. The van der Waals surface area contributed by atoms with Crippen molar-refractivity contribution < 1.29 is 9.84 Å². The molecule has 3 nitrogen and oxygen atoms in total. The topological polar surface area (TPSA) is 41.5 Å². The summed E-state index contributed by atoms with van der Waals surface area (Å²) in [5.74, 6) is 0.790. The minimum absolute atomic E-state index is 0.483. The van der Waals surface area contributed by atoms with E-state index >= 15 is 0 Å². The molecular weight excluding hydrogens is 426 g/mol. The second-order valence-electron chi connectivity index (χ2n) is 6.24. The fourth-order valence-corrected chi connectivity index (χ4v) is 3.33. The molecule has 0 radical (unpaired) electrons. The van der Waals surface area contributed by atoms with E-state index in [1.54, 1.807) is 0 Å². The number of hydrogen-bond acceptors (Lipinski definition) is 3. The van der Waals surface area contributed by atoms with E-state index in [9.17, 15) is 5.11 Å². The van der Waals surface area contributed by atoms with Gasteiger partial charge in [0.1, 0.15) is 12.4 Å². The standard InChI is InChI=1S/C22H21BrClNO2/c23-20-12-17(13-25-14-21(26)18-4-2-1-3-5-18)8-11-22(20)27-15-16-6-9-19(24)10-7-16/h1-12,21,25-26H,13-15H2/t21-/m0/s1. The summed E-state index contributed by atoms with van der Waals surface area (Å²) in [4.78, 5) is 0. The van der Waals surface area contributed by atoms with E-state index in [1.807, 2.05) is 72.8 Å². The van der Waals surface area contributed by atoms with E-state index in [-0.39, 0.29) is 0 Å². The van der Waals surface area contributed by atoms with E-state index < -0.39 is 6.10 Å². The number of aliphatic hydroxyl groups is 1. The predicted octanol–water partition coefficient (Wildman–Crippen LogP) is 5.50. The summed E-state index contributed by atoms with van der Waals surface area (Å²) in [6.07, 6.45) is -0.517. The molecule has 0 saturated heterocycles. The molecule has 1 atom stereocenters. The molecule has 2 N–H and O–H groups in total. The summed E-state index contributed by atoms with van der Waals surface area (Å²) in [7, 11) is 0. The Morgan fingerprint density at radius 2 is 1.67 bits per heavy atom. The van der Waals surface area contributed by atoms with Crippen molar-refractivity contribution in [3.63, 3.8) is 0 Å². The first-order valence-electron chi connectivity index (χ1n) is 8.71. The Kier molecular flexibility index (Phi) is 7.30. The third kappa shape index (κ3) is 6.08. The molecule has 27 heavy (non-hydrogen) atoms. The van der Waals surface area contributed by atoms with Crippen LogP contribution in [-0.2, 0) is 13.2 Å². The molecule has 3 rings (SSSR count). The van der Waals surface area contributed by atoms with Gasteiger partial charge in [-0.15, -0.1) is 0 Å². The number of aliphatic hydroxyl groups excluding tert-OH is 1. The molecule has 5 heteroatoms. The zero-order valence-corrected chi connectivity index (χ0v) is 17.1. The van der Waals surface area contributed by atoms with Gasteiger partial charge in [0.25, 0.3) is 0 Å². The Bertz CT molecular complexity index is 856. The molecule has 3 aromatic carbocycles. The largest absolute Gasteiger partial charge is 0.488 e. The number of halogens is 2. The predicted molar refractivity (Wildman–Crippen MR) is 113 cm³/mol. The molecule has 0 bridgehead atoms. The number of hydrogen-bond donors (Lipinski definition) is 2. The SMILES string of the molecule is O[C@@H](CNCc1ccc(OCc2ccc(Cl)cc2)c(Br)c1)c1ccccc1. The summed E-state index contributed by atoms with van der Waals surface area (Å²) in [6, 6.07) is 23.3. The van der Waals surface area contributed by atoms with Crippen LogP contribution >= 0.6 is 27.5 Å². The normalized spacial score (nSPS) is 12.0. The second kappa shape index (κ2) is 9.90. The lowest BCUT2D eigenvalue weighted by atomic mass is 10.1. The Hall–Kier alpha value is -1.85. The molecule has 0 aliphatic carbocycles. The zero-order chi connectivity index (χ0) is 19.1. The maximum Gasteiger partial charge on any atom is 0.134 e. The Labute approximate surface area is 173 Å². The van der Waals surface area contributed by atoms with Crippen LogP contribution in [0.3, 0.4) is 0 Å². The van der Waals surface area contributed by atoms with Crippen LogP contribution < -0.4 is 10.1 Å². The quantitative estimate of drug-likeness (QED) is 0.480. The minimum atomic E-state index is -0.517. The smallest absolute Gasteiger partial charge is 0.134 e. The lowest BCUT2D eigenvalue weighted by Gasteiger charge is -2.13. The fourth-order valence-electron chi connectivity index (χ4n) is 2.66. The highest BCUT2D eigenvalue weighted by molar-refractivity contribution is 9.10. The molecule has 3 aromatic rings. The van der Waals surface area contributed by atoms with Gasteiger partial charge in [0.05, 0.1) is 10.6 Å². The van der Waals surface area contributed by atoms with E-state index in [1.165, 1.54) is 0 Å². The van der Waals surface area contributed by atoms with Gasteiger partial charge in [0.15, 0.2) is 0 Å². The van der Waals surface area contributed by atoms with Gasteiger partial charge in [-0.1, -0.05) is 60.1 Å². The number of nitrogens with one attached hydrogen (secondary N) is 1. The summed E-state index contributed by atoms with van der Waals surface area (Å²) < 4.78 is 6.77. The van der Waals surface area contributed by atoms with Crippen LogP contribution in [0.15, 0.2) is 77.3 Å². The summed E-state index contributed by atoms with van der Waals surface area (Å²) in [5.41, 5.74) is 3.09. The third-order valence-electron chi connectivity index (χ3n) is 4.16. The first-order chi connectivity index (χ1) is 13.1. The monoisotopic (exact) mass is 445 g/mol. The molecule has 0 aliphatic heterocycles. The minimum Gasteiger partial charge on any atom is -0.488 e. The molecule has 0 amide bonds. The Morgan fingerprint density at radius 3 is 2.37 bits per heavy atom. The first-order valence-corrected chi connectivity index (χ1v) is 9.88. The van der Waals surface area contributed by atoms with Crippen molar-refractivity contribution >= 4 is 27.5 Å². The highest BCUT2D eigenvalue weighted by atomic mass is 79.9. The van der Waals surface area contributed by atoms with Crippen molar-refractivity contribution in [2.45, 2.75) is 19.3 Å². The van der Waals surface area contributed by atoms with Gasteiger partial charge in [0, 0.05) is 18.1 Å². The summed E-state index contributed by atoms with van der Waals surface area (Å²) in [5, 5.41) is 14.2. The van der Waals surface area contributed by atoms with Crippen molar-refractivity contribution in [3.8, 4) is 5.75 Å². The van der Waals surface area contributed by atoms with Gasteiger partial charge in [-0.25, -0.2) is 0 Å². The molecule has 0 fully saturated rings. The third-order valence-corrected chi connectivity index (χ3v) is 5.03. The number of rotatable bonds is 8. The molecule has 0 heterocycles. The van der Waals surface area contributed by atoms with Crippen LogP contribution in [0.25, 0.3) is 0 Å². The van der Waals surface area contributed by atoms with Crippen LogP contribution in [0.5, 0.6) is 5.75 Å². The second-order valence-corrected chi connectivity index (χ2v) is 7.53. The summed E-state index contributed by atoms with van der Waals surface area (Å²) in [6.45, 7) is 1.65. The van der Waals surface area contributed by atoms with Crippen LogP contribution in [0.1, 0.15) is 22.8 Å². The van der Waals surface area contributed by atoms with Crippen molar-refractivity contribution in [3.05, 3.63) is 99.0 Å². The van der Waals surface area contributed by atoms with Gasteiger partial charge in [0.2, 0.25) is 0 Å². The molecule has 0 aromatic heterocycles. The van der Waals surface area contributed by atoms with E-state index in [0.29, 0.717) is 24.7 Å². The van der Waals surface area contributed by atoms with Crippen LogP contribution in [-0.4, -0.2) is 11.7 Å². The molecule has 140 valence electrons. The molecule has 0 unspecified atom stereocenters. The average molecular weight is 447 g/mol. The Morgan fingerprint density at radius 1 is 0.963 bits per heavy atom. The van der Waals surface area contributed by atoms with Crippen molar-refractivity contribution in [2.24, 2.45) is 0 Å².